The second kappa shape index (κ2) is 12.2. The first-order valence-electron chi connectivity index (χ1n) is 9.24. The Morgan fingerprint density at radius 1 is 1.06 bits per heavy atom. The summed E-state index contributed by atoms with van der Waals surface area (Å²) in [6.07, 6.45) is 2.17. The van der Waals surface area contributed by atoms with Crippen molar-refractivity contribution in [2.24, 2.45) is 5.73 Å². The predicted octanol–water partition coefficient (Wildman–Crippen LogP) is -3.30. The highest BCUT2D eigenvalue weighted by Gasteiger charge is 2.28. The number of nitrogens with one attached hydrogen (secondary N) is 4. The van der Waals surface area contributed by atoms with E-state index >= 15 is 0 Å². The second-order valence-corrected chi connectivity index (χ2v) is 6.69. The van der Waals surface area contributed by atoms with Crippen LogP contribution in [0.4, 0.5) is 0 Å². The van der Waals surface area contributed by atoms with Crippen molar-refractivity contribution >= 4 is 29.7 Å². The van der Waals surface area contributed by atoms with E-state index in [2.05, 4.69) is 25.9 Å². The van der Waals surface area contributed by atoms with E-state index in [1.807, 2.05) is 0 Å². The highest BCUT2D eigenvalue weighted by molar-refractivity contribution is 5.94. The molecule has 0 spiro atoms. The average molecular weight is 442 g/mol. The number of aromatic nitrogens is 2. The summed E-state index contributed by atoms with van der Waals surface area (Å²) >= 11 is 0. The Kier molecular flexibility index (Phi) is 10.1. The van der Waals surface area contributed by atoms with Gasteiger partial charge >= 0.3 is 11.9 Å². The molecule has 0 aliphatic heterocycles. The maximum atomic E-state index is 12.3. The van der Waals surface area contributed by atoms with Gasteiger partial charge in [0, 0.05) is 24.7 Å². The van der Waals surface area contributed by atoms with Crippen LogP contribution in [0.3, 0.4) is 0 Å². The number of rotatable bonds is 13. The highest BCUT2D eigenvalue weighted by Crippen LogP contribution is 2.00. The van der Waals surface area contributed by atoms with Crippen LogP contribution in [0.5, 0.6) is 0 Å². The van der Waals surface area contributed by atoms with Gasteiger partial charge in [0.1, 0.15) is 18.1 Å². The number of aliphatic carboxylic acids is 2. The Labute approximate surface area is 176 Å². The molecule has 172 valence electrons. The minimum Gasteiger partial charge on any atom is -0.481 e. The van der Waals surface area contributed by atoms with E-state index in [9.17, 15) is 29.1 Å². The molecule has 1 aromatic rings. The molecule has 1 aromatic heterocycles. The standard InChI is InChI=1S/C17H26N6O8/c1-8(14(27)22-11(17(30)31)2-3-13(25)26)21-16(29)12(6-24)23-15(28)10(18)4-9-5-19-7-20-9/h5,7-8,10-12,24H,2-4,6,18H2,1H3,(H,19,20)(H,21,29)(H,22,27)(H,23,28)(H,25,26)(H,30,31). The molecule has 0 aliphatic carbocycles. The molecule has 1 heterocycles. The second-order valence-electron chi connectivity index (χ2n) is 6.69. The number of nitrogens with zero attached hydrogens (tertiary/aromatic N) is 1. The van der Waals surface area contributed by atoms with E-state index in [0.717, 1.165) is 0 Å². The van der Waals surface area contributed by atoms with Crippen LogP contribution in [-0.2, 0) is 30.4 Å². The summed E-state index contributed by atoms with van der Waals surface area (Å²) in [6, 6.07) is -5.13. The predicted molar refractivity (Wildman–Crippen MR) is 103 cm³/mol. The lowest BCUT2D eigenvalue weighted by Gasteiger charge is -2.22. The summed E-state index contributed by atoms with van der Waals surface area (Å²) in [5.74, 6) is -5.16. The highest BCUT2D eigenvalue weighted by atomic mass is 16.4. The summed E-state index contributed by atoms with van der Waals surface area (Å²) in [5, 5.41) is 33.7. The number of hydrogen-bond donors (Lipinski definition) is 8. The van der Waals surface area contributed by atoms with Gasteiger partial charge in [-0.2, -0.15) is 0 Å². The minimum absolute atomic E-state index is 0.108. The molecule has 14 nitrogen and oxygen atoms in total. The number of carboxylic acid groups (broad SMARTS) is 2. The molecule has 9 N–H and O–H groups in total. The third kappa shape index (κ3) is 8.79. The largest absolute Gasteiger partial charge is 0.481 e. The van der Waals surface area contributed by atoms with E-state index in [4.69, 9.17) is 15.9 Å². The lowest BCUT2D eigenvalue weighted by atomic mass is 10.1. The number of aliphatic hydroxyl groups excluding tert-OH is 1. The number of imidazole rings is 1. The van der Waals surface area contributed by atoms with E-state index in [1.54, 1.807) is 0 Å². The van der Waals surface area contributed by atoms with Crippen molar-refractivity contribution in [3.05, 3.63) is 18.2 Å². The van der Waals surface area contributed by atoms with Gasteiger partial charge in [0.2, 0.25) is 17.7 Å². The summed E-state index contributed by atoms with van der Waals surface area (Å²) in [6.45, 7) is 0.475. The van der Waals surface area contributed by atoms with Crippen LogP contribution < -0.4 is 21.7 Å². The average Bonchev–Trinajstić information content (AvgIpc) is 3.21. The molecule has 4 atom stereocenters. The van der Waals surface area contributed by atoms with Gasteiger partial charge in [-0.05, 0) is 13.3 Å². The van der Waals surface area contributed by atoms with Gasteiger partial charge in [-0.3, -0.25) is 19.2 Å². The Bertz CT molecular complexity index is 784. The fourth-order valence-corrected chi connectivity index (χ4v) is 2.40. The summed E-state index contributed by atoms with van der Waals surface area (Å²) in [7, 11) is 0. The SMILES string of the molecule is CC(NC(=O)C(CO)NC(=O)C(N)Cc1cnc[nH]1)C(=O)NC(CCC(=O)O)C(=O)O. The maximum absolute atomic E-state index is 12.3. The Hall–Kier alpha value is -3.52. The van der Waals surface area contributed by atoms with Crippen molar-refractivity contribution in [2.45, 2.75) is 50.4 Å². The number of H-pyrrole nitrogens is 1. The molecule has 0 saturated carbocycles. The van der Waals surface area contributed by atoms with Gasteiger partial charge < -0.3 is 42.0 Å². The molecule has 0 saturated heterocycles. The van der Waals surface area contributed by atoms with E-state index < -0.39 is 66.9 Å². The van der Waals surface area contributed by atoms with E-state index in [-0.39, 0.29) is 12.8 Å². The summed E-state index contributed by atoms with van der Waals surface area (Å²) in [5.41, 5.74) is 6.35. The zero-order valence-electron chi connectivity index (χ0n) is 16.7. The molecule has 0 bridgehead atoms. The number of amides is 3. The Balaban J connectivity index is 2.60. The fourth-order valence-electron chi connectivity index (χ4n) is 2.40. The molecule has 0 aliphatic rings. The van der Waals surface area contributed by atoms with Crippen LogP contribution in [0.25, 0.3) is 0 Å². The first-order chi connectivity index (χ1) is 14.5. The molecule has 0 aromatic carbocycles. The van der Waals surface area contributed by atoms with Crippen LogP contribution in [0.2, 0.25) is 0 Å². The number of hydrogen-bond acceptors (Lipinski definition) is 8. The van der Waals surface area contributed by atoms with Gasteiger partial charge in [-0.15, -0.1) is 0 Å². The van der Waals surface area contributed by atoms with Crippen LogP contribution in [0.15, 0.2) is 12.5 Å². The number of carbonyl (C=O) groups excluding carboxylic acids is 3. The molecular formula is C17H26N6O8. The van der Waals surface area contributed by atoms with E-state index in [1.165, 1.54) is 19.4 Å². The lowest BCUT2D eigenvalue weighted by molar-refractivity contribution is -0.143. The number of carboxylic acids is 2. The van der Waals surface area contributed by atoms with Gasteiger partial charge in [-0.25, -0.2) is 9.78 Å². The number of aromatic amines is 1. The molecular weight excluding hydrogens is 416 g/mol. The number of carbonyl (C=O) groups is 5. The first kappa shape index (κ1) is 25.5. The monoisotopic (exact) mass is 442 g/mol. The molecule has 3 amide bonds. The molecule has 14 heteroatoms. The first-order valence-corrected chi connectivity index (χ1v) is 9.24. The smallest absolute Gasteiger partial charge is 0.326 e. The zero-order chi connectivity index (χ0) is 23.6. The summed E-state index contributed by atoms with van der Waals surface area (Å²) < 4.78 is 0. The van der Waals surface area contributed by atoms with Crippen molar-refractivity contribution in [3.8, 4) is 0 Å². The van der Waals surface area contributed by atoms with Crippen LogP contribution in [0, 0.1) is 0 Å². The lowest BCUT2D eigenvalue weighted by Crippen LogP contribution is -2.57. The quantitative estimate of drug-likeness (QED) is 0.151. The van der Waals surface area contributed by atoms with Crippen molar-refractivity contribution in [1.29, 1.82) is 0 Å². The van der Waals surface area contributed by atoms with Crippen molar-refractivity contribution in [2.75, 3.05) is 6.61 Å². The maximum Gasteiger partial charge on any atom is 0.326 e. The minimum atomic E-state index is -1.46. The van der Waals surface area contributed by atoms with Crippen LogP contribution in [-0.4, -0.2) is 85.7 Å². The number of aliphatic hydroxyl groups is 1. The van der Waals surface area contributed by atoms with Crippen LogP contribution in [0.1, 0.15) is 25.5 Å². The topological polar surface area (TPSA) is 237 Å². The number of nitrogens with two attached hydrogens (primary N) is 1. The molecule has 4 unspecified atom stereocenters. The van der Waals surface area contributed by atoms with Crippen molar-refractivity contribution in [3.63, 3.8) is 0 Å². The van der Waals surface area contributed by atoms with Crippen LogP contribution >= 0.6 is 0 Å². The normalized spacial score (nSPS) is 14.5. The third-order valence-corrected chi connectivity index (χ3v) is 4.16. The third-order valence-electron chi connectivity index (χ3n) is 4.16. The molecule has 1 rings (SSSR count). The van der Waals surface area contributed by atoms with Crippen molar-refractivity contribution < 1.29 is 39.3 Å². The summed E-state index contributed by atoms with van der Waals surface area (Å²) in [4.78, 5) is 64.9. The van der Waals surface area contributed by atoms with E-state index in [0.29, 0.717) is 5.69 Å². The molecule has 0 radical (unpaired) electrons. The van der Waals surface area contributed by atoms with Gasteiger partial charge in [-0.1, -0.05) is 0 Å². The van der Waals surface area contributed by atoms with Gasteiger partial charge in [0.25, 0.3) is 0 Å². The zero-order valence-corrected chi connectivity index (χ0v) is 16.7. The molecule has 0 fully saturated rings. The fraction of sp³-hybridized carbons (Fsp3) is 0.529. The van der Waals surface area contributed by atoms with Gasteiger partial charge in [0.05, 0.1) is 19.0 Å². The Morgan fingerprint density at radius 2 is 1.71 bits per heavy atom. The van der Waals surface area contributed by atoms with Crippen molar-refractivity contribution in [1.82, 2.24) is 25.9 Å². The molecule has 31 heavy (non-hydrogen) atoms. The van der Waals surface area contributed by atoms with Gasteiger partial charge in [0.15, 0.2) is 0 Å². The Morgan fingerprint density at radius 3 is 2.23 bits per heavy atom.